The van der Waals surface area contributed by atoms with Crippen molar-refractivity contribution in [1.82, 2.24) is 4.90 Å². The van der Waals surface area contributed by atoms with Crippen molar-refractivity contribution in [2.24, 2.45) is 0 Å². The van der Waals surface area contributed by atoms with Gasteiger partial charge in [-0.15, -0.1) is 0 Å². The van der Waals surface area contributed by atoms with E-state index in [1.54, 1.807) is 26.0 Å². The molecule has 0 radical (unpaired) electrons. The second-order valence-corrected chi connectivity index (χ2v) is 8.15. The molecule has 1 heterocycles. The van der Waals surface area contributed by atoms with E-state index in [-0.39, 0.29) is 16.4 Å². The van der Waals surface area contributed by atoms with Crippen molar-refractivity contribution in [2.45, 2.75) is 37.3 Å². The second kappa shape index (κ2) is 8.15. The number of nitrogens with zero attached hydrogens (tertiary/aromatic N) is 1. The summed E-state index contributed by atoms with van der Waals surface area (Å²) in [5.41, 5.74) is 0.773. The molecule has 1 fully saturated rings. The van der Waals surface area contributed by atoms with Crippen molar-refractivity contribution in [3.8, 4) is 0 Å². The monoisotopic (exact) mass is 385 g/mol. The van der Waals surface area contributed by atoms with Crippen molar-refractivity contribution >= 4 is 23.0 Å². The Hall–Kier alpha value is -2.31. The number of carbonyl (C=O) groups is 2. The summed E-state index contributed by atoms with van der Waals surface area (Å²) in [5, 5.41) is 9.45. The van der Waals surface area contributed by atoms with E-state index >= 15 is 0 Å². The van der Waals surface area contributed by atoms with E-state index in [4.69, 9.17) is 4.74 Å². The normalized spacial score (nSPS) is 19.6. The molecule has 1 N–H and O–H groups in total. The molecule has 5 nitrogen and oxygen atoms in total. The lowest BCUT2D eigenvalue weighted by Crippen LogP contribution is -2.47. The van der Waals surface area contributed by atoms with Crippen LogP contribution in [0.2, 0.25) is 0 Å². The van der Waals surface area contributed by atoms with E-state index in [9.17, 15) is 14.7 Å². The van der Waals surface area contributed by atoms with Crippen molar-refractivity contribution in [2.75, 3.05) is 6.61 Å². The van der Waals surface area contributed by atoms with E-state index in [0.29, 0.717) is 18.6 Å². The molecule has 0 aromatic heterocycles. The zero-order chi connectivity index (χ0) is 19.4. The van der Waals surface area contributed by atoms with Gasteiger partial charge >= 0.3 is 6.09 Å². The molecule has 1 amide bonds. The number of hydrogen-bond donors (Lipinski definition) is 1. The van der Waals surface area contributed by atoms with Crippen molar-refractivity contribution in [3.63, 3.8) is 0 Å². The first-order chi connectivity index (χ1) is 12.9. The van der Waals surface area contributed by atoms with E-state index in [1.807, 2.05) is 48.5 Å². The molecule has 1 saturated heterocycles. The summed E-state index contributed by atoms with van der Waals surface area (Å²) in [6.07, 6.45) is -0.503. The lowest BCUT2D eigenvalue weighted by atomic mass is 10.0. The zero-order valence-electron chi connectivity index (χ0n) is 15.4. The van der Waals surface area contributed by atoms with Gasteiger partial charge in [-0.3, -0.25) is 9.69 Å². The summed E-state index contributed by atoms with van der Waals surface area (Å²) < 4.78 is 5.70. The number of carboxylic acid groups (broad SMARTS) is 1. The van der Waals surface area contributed by atoms with Gasteiger partial charge in [0.2, 0.25) is 5.12 Å². The van der Waals surface area contributed by atoms with Gasteiger partial charge in [-0.05, 0) is 25.8 Å². The van der Waals surface area contributed by atoms with Gasteiger partial charge in [0.25, 0.3) is 0 Å². The Labute approximate surface area is 163 Å². The minimum Gasteiger partial charge on any atom is -0.465 e. The van der Waals surface area contributed by atoms with Crippen LogP contribution in [0.5, 0.6) is 0 Å². The SMILES string of the molecule is CC1(C)OC[C@@H](C[C@@H](SC(=O)c2ccccc2)c2ccccc2)N1C(=O)O. The number of ether oxygens (including phenoxy) is 1. The first-order valence-electron chi connectivity index (χ1n) is 8.85. The maximum absolute atomic E-state index is 12.7. The highest BCUT2D eigenvalue weighted by molar-refractivity contribution is 8.14. The fraction of sp³-hybridized carbons (Fsp3) is 0.333. The molecule has 2 aromatic rings. The number of hydrogen-bond acceptors (Lipinski definition) is 4. The largest absolute Gasteiger partial charge is 0.465 e. The summed E-state index contributed by atoms with van der Waals surface area (Å²) in [5.74, 6) is 0. The lowest BCUT2D eigenvalue weighted by Gasteiger charge is -2.32. The van der Waals surface area contributed by atoms with Crippen molar-refractivity contribution < 1.29 is 19.4 Å². The van der Waals surface area contributed by atoms with Gasteiger partial charge in [0.1, 0.15) is 5.72 Å². The van der Waals surface area contributed by atoms with E-state index in [0.717, 1.165) is 5.56 Å². The molecule has 0 aliphatic carbocycles. The molecule has 3 rings (SSSR count). The topological polar surface area (TPSA) is 66.8 Å². The maximum atomic E-state index is 12.7. The molecule has 0 saturated carbocycles. The van der Waals surface area contributed by atoms with Crippen molar-refractivity contribution in [1.29, 1.82) is 0 Å². The third-order valence-corrected chi connectivity index (χ3v) is 5.90. The fourth-order valence-corrected chi connectivity index (χ4v) is 4.52. The number of amides is 1. The molecule has 1 aliphatic rings. The van der Waals surface area contributed by atoms with Crippen LogP contribution in [0.1, 0.15) is 41.4 Å². The van der Waals surface area contributed by atoms with Gasteiger partial charge in [-0.25, -0.2) is 4.79 Å². The van der Waals surface area contributed by atoms with E-state index < -0.39 is 11.8 Å². The number of rotatable bonds is 5. The van der Waals surface area contributed by atoms with Crippen LogP contribution in [0, 0.1) is 0 Å². The summed E-state index contributed by atoms with van der Waals surface area (Å²) in [6.45, 7) is 3.82. The van der Waals surface area contributed by atoms with Gasteiger partial charge < -0.3 is 9.84 Å². The molecule has 2 aromatic carbocycles. The minimum atomic E-state index is -1.01. The van der Waals surface area contributed by atoms with Crippen LogP contribution in [0.3, 0.4) is 0 Å². The van der Waals surface area contributed by atoms with E-state index in [2.05, 4.69) is 0 Å². The van der Waals surface area contributed by atoms with Crippen LogP contribution in [-0.2, 0) is 4.74 Å². The molecule has 1 aliphatic heterocycles. The summed E-state index contributed by atoms with van der Waals surface area (Å²) >= 11 is 1.24. The zero-order valence-corrected chi connectivity index (χ0v) is 16.2. The summed E-state index contributed by atoms with van der Waals surface area (Å²) in [6, 6.07) is 18.6. The van der Waals surface area contributed by atoms with Crippen molar-refractivity contribution in [3.05, 3.63) is 71.8 Å². The molecule has 142 valence electrons. The molecule has 0 spiro atoms. The Balaban J connectivity index is 1.83. The third-order valence-electron chi connectivity index (χ3n) is 4.70. The molecule has 0 unspecified atom stereocenters. The van der Waals surface area contributed by atoms with Crippen LogP contribution in [0.15, 0.2) is 60.7 Å². The van der Waals surface area contributed by atoms with Gasteiger partial charge in [-0.1, -0.05) is 72.4 Å². The quantitative estimate of drug-likeness (QED) is 0.800. The predicted molar refractivity (Wildman–Crippen MR) is 106 cm³/mol. The standard InChI is InChI=1S/C21H23NO4S/c1-21(2)22(20(24)25)17(14-26-21)13-18(15-9-5-3-6-10-15)27-19(23)16-11-7-4-8-12-16/h3-12,17-18H,13-14H2,1-2H3,(H,24,25)/t17-,18-/m1/s1. The molecule has 0 bridgehead atoms. The van der Waals surface area contributed by atoms with Crippen LogP contribution < -0.4 is 0 Å². The Morgan fingerprint density at radius 3 is 2.33 bits per heavy atom. The fourth-order valence-electron chi connectivity index (χ4n) is 3.38. The first-order valence-corrected chi connectivity index (χ1v) is 9.73. The van der Waals surface area contributed by atoms with Gasteiger partial charge in [0.05, 0.1) is 12.6 Å². The van der Waals surface area contributed by atoms with E-state index in [1.165, 1.54) is 16.7 Å². The highest BCUT2D eigenvalue weighted by Gasteiger charge is 2.44. The maximum Gasteiger partial charge on any atom is 0.409 e. The second-order valence-electron chi connectivity index (χ2n) is 6.97. The highest BCUT2D eigenvalue weighted by Crippen LogP contribution is 2.39. The number of thioether (sulfide) groups is 1. The predicted octanol–water partition coefficient (Wildman–Crippen LogP) is 4.81. The van der Waals surface area contributed by atoms with Crippen LogP contribution in [0.4, 0.5) is 4.79 Å². The van der Waals surface area contributed by atoms with Crippen LogP contribution in [-0.4, -0.2) is 39.6 Å². The van der Waals surface area contributed by atoms with Gasteiger partial charge in [-0.2, -0.15) is 0 Å². The number of carbonyl (C=O) groups excluding carboxylic acids is 1. The molecular weight excluding hydrogens is 362 g/mol. The number of benzene rings is 2. The Kier molecular flexibility index (Phi) is 5.87. The molecule has 6 heteroatoms. The Morgan fingerprint density at radius 2 is 1.74 bits per heavy atom. The third kappa shape index (κ3) is 4.51. The molecule has 2 atom stereocenters. The van der Waals surface area contributed by atoms with Gasteiger partial charge in [0, 0.05) is 10.8 Å². The highest BCUT2D eigenvalue weighted by atomic mass is 32.2. The van der Waals surface area contributed by atoms with Crippen LogP contribution >= 0.6 is 11.8 Å². The molecular formula is C21H23NO4S. The Bertz CT molecular complexity index is 794. The minimum absolute atomic E-state index is 0.0236. The van der Waals surface area contributed by atoms with Gasteiger partial charge in [0.15, 0.2) is 0 Å². The Morgan fingerprint density at radius 1 is 1.15 bits per heavy atom. The summed E-state index contributed by atoms with van der Waals surface area (Å²) in [7, 11) is 0. The molecule has 27 heavy (non-hydrogen) atoms. The summed E-state index contributed by atoms with van der Waals surface area (Å²) in [4.78, 5) is 25.9. The average Bonchev–Trinajstić information content (AvgIpc) is 2.96. The smallest absolute Gasteiger partial charge is 0.409 e. The first kappa shape index (κ1) is 19.5. The average molecular weight is 385 g/mol. The lowest BCUT2D eigenvalue weighted by molar-refractivity contribution is -0.0421. The van der Waals surface area contributed by atoms with Crippen LogP contribution in [0.25, 0.3) is 0 Å².